The van der Waals surface area contributed by atoms with Crippen molar-refractivity contribution in [2.45, 2.75) is 33.6 Å². The van der Waals surface area contributed by atoms with E-state index in [1.165, 1.54) is 12.8 Å². The van der Waals surface area contributed by atoms with Crippen LogP contribution in [-0.4, -0.2) is 42.1 Å². The number of amides is 1. The smallest absolute Gasteiger partial charge is 0.251 e. The Hall–Kier alpha value is -2.63. The minimum atomic E-state index is -0.0461. The first-order valence-electron chi connectivity index (χ1n) is 9.22. The van der Waals surface area contributed by atoms with Crippen molar-refractivity contribution in [3.05, 3.63) is 46.8 Å². The molecular weight excluding hydrogens is 326 g/mol. The van der Waals surface area contributed by atoms with Crippen molar-refractivity contribution in [1.29, 1.82) is 0 Å². The minimum Gasteiger partial charge on any atom is -0.368 e. The van der Waals surface area contributed by atoms with Gasteiger partial charge >= 0.3 is 0 Å². The van der Waals surface area contributed by atoms with Crippen LogP contribution in [0.3, 0.4) is 0 Å². The van der Waals surface area contributed by atoms with Gasteiger partial charge in [0, 0.05) is 37.8 Å². The van der Waals surface area contributed by atoms with Gasteiger partial charge in [-0.05, 0) is 45.7 Å². The highest BCUT2D eigenvalue weighted by atomic mass is 16.1. The fraction of sp³-hybridized carbons (Fsp3) is 0.450. The molecule has 0 saturated carbocycles. The van der Waals surface area contributed by atoms with Gasteiger partial charge in [0.05, 0.1) is 0 Å². The number of carbonyl (C=O) groups excluding carboxylic acids is 1. The molecule has 0 bridgehead atoms. The van der Waals surface area contributed by atoms with E-state index in [1.54, 1.807) is 0 Å². The molecule has 2 aromatic rings. The van der Waals surface area contributed by atoms with Crippen molar-refractivity contribution in [1.82, 2.24) is 15.3 Å². The highest BCUT2D eigenvalue weighted by Gasteiger charge is 2.15. The van der Waals surface area contributed by atoms with Gasteiger partial charge in [-0.3, -0.25) is 4.79 Å². The molecular formula is C20H27N5O. The molecule has 3 rings (SSSR count). The van der Waals surface area contributed by atoms with Crippen molar-refractivity contribution in [3.63, 3.8) is 0 Å². The third-order valence-electron chi connectivity index (χ3n) is 4.46. The van der Waals surface area contributed by atoms with E-state index >= 15 is 0 Å². The molecule has 0 unspecified atom stereocenters. The van der Waals surface area contributed by atoms with Gasteiger partial charge in [-0.15, -0.1) is 0 Å². The summed E-state index contributed by atoms with van der Waals surface area (Å²) in [6, 6.07) is 7.87. The first kappa shape index (κ1) is 18.2. The van der Waals surface area contributed by atoms with Crippen LogP contribution >= 0.6 is 0 Å². The number of aryl methyl sites for hydroxylation is 3. The summed E-state index contributed by atoms with van der Waals surface area (Å²) in [6.45, 7) is 9.18. The average molecular weight is 353 g/mol. The molecule has 2 heterocycles. The molecule has 2 N–H and O–H groups in total. The van der Waals surface area contributed by atoms with Gasteiger partial charge in [-0.2, -0.15) is 0 Å². The lowest BCUT2D eigenvalue weighted by molar-refractivity contribution is 0.0955. The van der Waals surface area contributed by atoms with Gasteiger partial charge in [0.25, 0.3) is 5.91 Å². The monoisotopic (exact) mass is 353 g/mol. The molecule has 1 amide bonds. The lowest BCUT2D eigenvalue weighted by Gasteiger charge is -2.17. The summed E-state index contributed by atoms with van der Waals surface area (Å²) in [6.07, 6.45) is 2.44. The van der Waals surface area contributed by atoms with Crippen molar-refractivity contribution < 1.29 is 4.79 Å². The predicted molar refractivity (Wildman–Crippen MR) is 105 cm³/mol. The van der Waals surface area contributed by atoms with Gasteiger partial charge in [0.1, 0.15) is 17.5 Å². The number of anilines is 2. The van der Waals surface area contributed by atoms with E-state index in [-0.39, 0.29) is 5.91 Å². The van der Waals surface area contributed by atoms with Crippen LogP contribution in [0.4, 0.5) is 11.6 Å². The second-order valence-corrected chi connectivity index (χ2v) is 6.91. The third kappa shape index (κ3) is 4.71. The van der Waals surface area contributed by atoms with E-state index in [0.29, 0.717) is 18.7 Å². The average Bonchev–Trinajstić information content (AvgIpc) is 3.12. The van der Waals surface area contributed by atoms with E-state index in [4.69, 9.17) is 0 Å². The first-order chi connectivity index (χ1) is 12.5. The number of hydrogen-bond donors (Lipinski definition) is 2. The molecule has 0 atom stereocenters. The first-order valence-corrected chi connectivity index (χ1v) is 9.22. The van der Waals surface area contributed by atoms with Crippen LogP contribution in [0.5, 0.6) is 0 Å². The fourth-order valence-corrected chi connectivity index (χ4v) is 3.33. The second kappa shape index (κ2) is 8.17. The molecule has 6 nitrogen and oxygen atoms in total. The molecule has 1 aliphatic rings. The topological polar surface area (TPSA) is 70.2 Å². The van der Waals surface area contributed by atoms with Gasteiger partial charge in [0.15, 0.2) is 0 Å². The maximum absolute atomic E-state index is 12.3. The zero-order valence-electron chi connectivity index (χ0n) is 15.8. The molecule has 1 saturated heterocycles. The number of hydrogen-bond acceptors (Lipinski definition) is 5. The second-order valence-electron chi connectivity index (χ2n) is 6.91. The van der Waals surface area contributed by atoms with E-state index in [2.05, 4.69) is 31.6 Å². The summed E-state index contributed by atoms with van der Waals surface area (Å²) in [5.41, 5.74) is 2.90. The summed E-state index contributed by atoms with van der Waals surface area (Å²) in [4.78, 5) is 23.5. The zero-order chi connectivity index (χ0) is 18.5. The quantitative estimate of drug-likeness (QED) is 0.782. The summed E-state index contributed by atoms with van der Waals surface area (Å²) >= 11 is 0. The third-order valence-corrected chi connectivity index (χ3v) is 4.46. The minimum absolute atomic E-state index is 0.0461. The van der Waals surface area contributed by atoms with E-state index in [1.807, 2.05) is 39.0 Å². The summed E-state index contributed by atoms with van der Waals surface area (Å²) in [7, 11) is 0. The summed E-state index contributed by atoms with van der Waals surface area (Å²) in [5, 5.41) is 6.24. The van der Waals surface area contributed by atoms with Gasteiger partial charge in [0.2, 0.25) is 0 Å². The molecule has 6 heteroatoms. The Labute approximate surface area is 155 Å². The summed E-state index contributed by atoms with van der Waals surface area (Å²) < 4.78 is 0. The van der Waals surface area contributed by atoms with Crippen molar-refractivity contribution in [3.8, 4) is 0 Å². The molecule has 1 aliphatic heterocycles. The van der Waals surface area contributed by atoms with Gasteiger partial charge in [-0.25, -0.2) is 9.97 Å². The fourth-order valence-electron chi connectivity index (χ4n) is 3.33. The van der Waals surface area contributed by atoms with E-state index < -0.39 is 0 Å². The Balaban J connectivity index is 1.52. The van der Waals surface area contributed by atoms with E-state index in [0.717, 1.165) is 41.7 Å². The SMILES string of the molecule is Cc1cc(C)cc(C(=O)NCCNc2cc(N3CCCC3)nc(C)n2)c1. The number of benzene rings is 1. The van der Waals surface area contributed by atoms with Crippen LogP contribution in [0, 0.1) is 20.8 Å². The van der Waals surface area contributed by atoms with Crippen molar-refractivity contribution >= 4 is 17.5 Å². The maximum Gasteiger partial charge on any atom is 0.251 e. The number of nitrogens with one attached hydrogen (secondary N) is 2. The molecule has 138 valence electrons. The van der Waals surface area contributed by atoms with Crippen LogP contribution in [0.15, 0.2) is 24.3 Å². The highest BCUT2D eigenvalue weighted by Crippen LogP contribution is 2.20. The largest absolute Gasteiger partial charge is 0.368 e. The zero-order valence-corrected chi connectivity index (χ0v) is 15.8. The van der Waals surface area contributed by atoms with Crippen LogP contribution < -0.4 is 15.5 Å². The van der Waals surface area contributed by atoms with E-state index in [9.17, 15) is 4.79 Å². The van der Waals surface area contributed by atoms with Crippen molar-refractivity contribution in [2.24, 2.45) is 0 Å². The molecule has 1 aromatic carbocycles. The molecule has 0 aliphatic carbocycles. The number of rotatable bonds is 6. The molecule has 1 fully saturated rings. The Morgan fingerprint density at radius 1 is 1.00 bits per heavy atom. The van der Waals surface area contributed by atoms with Crippen LogP contribution in [0.1, 0.15) is 40.2 Å². The van der Waals surface area contributed by atoms with Gasteiger partial charge in [-0.1, -0.05) is 17.2 Å². The Kier molecular flexibility index (Phi) is 5.71. The lowest BCUT2D eigenvalue weighted by atomic mass is 10.1. The number of nitrogens with zero attached hydrogens (tertiary/aromatic N) is 3. The van der Waals surface area contributed by atoms with Crippen LogP contribution in [0.2, 0.25) is 0 Å². The molecule has 26 heavy (non-hydrogen) atoms. The molecule has 1 aromatic heterocycles. The predicted octanol–water partition coefficient (Wildman–Crippen LogP) is 2.84. The number of carbonyl (C=O) groups is 1. The standard InChI is InChI=1S/C20H27N5O/c1-14-10-15(2)12-17(11-14)20(26)22-7-6-21-18-13-19(24-16(3)23-18)25-8-4-5-9-25/h10-13H,4-9H2,1-3H3,(H,22,26)(H,21,23,24). The lowest BCUT2D eigenvalue weighted by Crippen LogP contribution is -2.29. The normalized spacial score (nSPS) is 13.7. The van der Waals surface area contributed by atoms with Crippen molar-refractivity contribution in [2.75, 3.05) is 36.4 Å². The van der Waals surface area contributed by atoms with Crippen LogP contribution in [-0.2, 0) is 0 Å². The number of aromatic nitrogens is 2. The molecule has 0 spiro atoms. The van der Waals surface area contributed by atoms with Gasteiger partial charge < -0.3 is 15.5 Å². The van der Waals surface area contributed by atoms with Crippen LogP contribution in [0.25, 0.3) is 0 Å². The molecule has 0 radical (unpaired) electrons. The Morgan fingerprint density at radius 2 is 1.69 bits per heavy atom. The Bertz CT molecular complexity index is 764. The maximum atomic E-state index is 12.3. The Morgan fingerprint density at radius 3 is 2.38 bits per heavy atom. The highest BCUT2D eigenvalue weighted by molar-refractivity contribution is 5.94. The summed E-state index contributed by atoms with van der Waals surface area (Å²) in [5.74, 6) is 2.50.